The van der Waals surface area contributed by atoms with Gasteiger partial charge in [0.2, 0.25) is 0 Å². The van der Waals surface area contributed by atoms with E-state index in [9.17, 15) is 0 Å². The van der Waals surface area contributed by atoms with E-state index in [1.54, 1.807) is 0 Å². The summed E-state index contributed by atoms with van der Waals surface area (Å²) in [6.07, 6.45) is 0.569. The summed E-state index contributed by atoms with van der Waals surface area (Å²) in [5.74, 6) is 0.265. The van der Waals surface area contributed by atoms with Crippen molar-refractivity contribution in [2.24, 2.45) is 10.9 Å². The lowest BCUT2D eigenvalue weighted by molar-refractivity contribution is 0.111. The quantitative estimate of drug-likeness (QED) is 0.207. The molecule has 14 heavy (non-hydrogen) atoms. The predicted molar refractivity (Wildman–Crippen MR) is 56.6 cm³/mol. The average Bonchev–Trinajstić information content (AvgIpc) is 2.17. The van der Waals surface area contributed by atoms with Crippen molar-refractivity contribution in [3.63, 3.8) is 0 Å². The normalized spacial score (nSPS) is 14.7. The molecular formula is C9H21N3O2. The molecule has 0 bridgehead atoms. The summed E-state index contributed by atoms with van der Waals surface area (Å²) in [4.78, 5) is 2.12. The highest BCUT2D eigenvalue weighted by atomic mass is 16.5. The van der Waals surface area contributed by atoms with E-state index < -0.39 is 0 Å². The van der Waals surface area contributed by atoms with Crippen LogP contribution in [0.1, 0.15) is 20.3 Å². The second kappa shape index (κ2) is 7.58. The maximum absolute atomic E-state index is 8.40. The van der Waals surface area contributed by atoms with E-state index in [0.717, 1.165) is 13.2 Å². The molecular weight excluding hydrogens is 182 g/mol. The number of amidine groups is 1. The first-order valence-electron chi connectivity index (χ1n) is 4.86. The Kier molecular flexibility index (Phi) is 7.14. The van der Waals surface area contributed by atoms with Crippen LogP contribution in [0.25, 0.3) is 0 Å². The molecule has 0 saturated heterocycles. The standard InChI is InChI=1S/C9H21N3O2/c1-4-14-6-5-12(3)8(2)7-9(10)11-13/h8,13H,4-7H2,1-3H3,(H2,10,11). The lowest BCUT2D eigenvalue weighted by Gasteiger charge is -2.23. The summed E-state index contributed by atoms with van der Waals surface area (Å²) in [5.41, 5.74) is 5.41. The molecule has 0 aromatic carbocycles. The van der Waals surface area contributed by atoms with E-state index in [1.165, 1.54) is 0 Å². The molecule has 0 heterocycles. The Morgan fingerprint density at radius 2 is 2.29 bits per heavy atom. The van der Waals surface area contributed by atoms with Crippen molar-refractivity contribution >= 4 is 5.84 Å². The molecule has 0 aromatic heterocycles. The van der Waals surface area contributed by atoms with Gasteiger partial charge < -0.3 is 20.6 Å². The Morgan fingerprint density at radius 3 is 2.79 bits per heavy atom. The van der Waals surface area contributed by atoms with Crippen molar-refractivity contribution in [3.05, 3.63) is 0 Å². The van der Waals surface area contributed by atoms with Gasteiger partial charge in [0.05, 0.1) is 6.61 Å². The van der Waals surface area contributed by atoms with Crippen LogP contribution in [0.5, 0.6) is 0 Å². The zero-order valence-corrected chi connectivity index (χ0v) is 9.23. The zero-order valence-electron chi connectivity index (χ0n) is 9.23. The van der Waals surface area contributed by atoms with Crippen molar-refractivity contribution in [1.29, 1.82) is 0 Å². The van der Waals surface area contributed by atoms with Gasteiger partial charge in [-0.1, -0.05) is 5.16 Å². The van der Waals surface area contributed by atoms with Gasteiger partial charge in [-0.2, -0.15) is 0 Å². The van der Waals surface area contributed by atoms with E-state index in [0.29, 0.717) is 13.0 Å². The van der Waals surface area contributed by atoms with E-state index in [1.807, 2.05) is 20.9 Å². The topological polar surface area (TPSA) is 71.1 Å². The Hall–Kier alpha value is -0.810. The van der Waals surface area contributed by atoms with Crippen molar-refractivity contribution in [1.82, 2.24) is 4.90 Å². The lowest BCUT2D eigenvalue weighted by Crippen LogP contribution is -2.35. The number of nitrogens with two attached hydrogens (primary N) is 1. The monoisotopic (exact) mass is 203 g/mol. The molecule has 0 spiro atoms. The van der Waals surface area contributed by atoms with Crippen LogP contribution in [-0.4, -0.2) is 48.8 Å². The highest BCUT2D eigenvalue weighted by Gasteiger charge is 2.10. The van der Waals surface area contributed by atoms with Crippen LogP contribution in [0.3, 0.4) is 0 Å². The fraction of sp³-hybridized carbons (Fsp3) is 0.889. The molecule has 0 radical (unpaired) electrons. The maximum Gasteiger partial charge on any atom is 0.140 e. The van der Waals surface area contributed by atoms with Crippen molar-refractivity contribution in [2.75, 3.05) is 26.8 Å². The molecule has 1 unspecified atom stereocenters. The van der Waals surface area contributed by atoms with Crippen LogP contribution in [0.15, 0.2) is 5.16 Å². The Bertz CT molecular complexity index is 173. The number of hydrogen-bond acceptors (Lipinski definition) is 4. The van der Waals surface area contributed by atoms with E-state index in [4.69, 9.17) is 15.7 Å². The number of hydrogen-bond donors (Lipinski definition) is 2. The molecule has 0 aliphatic carbocycles. The summed E-state index contributed by atoms with van der Waals surface area (Å²) in [6.45, 7) is 6.31. The third kappa shape index (κ3) is 5.77. The molecule has 0 saturated carbocycles. The molecule has 0 amide bonds. The van der Waals surface area contributed by atoms with Crippen LogP contribution in [0, 0.1) is 0 Å². The number of nitrogens with zero attached hydrogens (tertiary/aromatic N) is 2. The molecule has 5 nitrogen and oxygen atoms in total. The van der Waals surface area contributed by atoms with Gasteiger partial charge in [-0.3, -0.25) is 0 Å². The van der Waals surface area contributed by atoms with Crippen LogP contribution in [-0.2, 0) is 4.74 Å². The summed E-state index contributed by atoms with van der Waals surface area (Å²) >= 11 is 0. The Labute approximate surface area is 85.5 Å². The Balaban J connectivity index is 3.70. The third-order valence-corrected chi connectivity index (χ3v) is 2.18. The van der Waals surface area contributed by atoms with Gasteiger partial charge in [0.25, 0.3) is 0 Å². The number of rotatable bonds is 7. The first kappa shape index (κ1) is 13.2. The second-order valence-electron chi connectivity index (χ2n) is 3.32. The number of oxime groups is 1. The van der Waals surface area contributed by atoms with Crippen LogP contribution in [0.2, 0.25) is 0 Å². The maximum atomic E-state index is 8.40. The van der Waals surface area contributed by atoms with Gasteiger partial charge in [-0.25, -0.2) is 0 Å². The Morgan fingerprint density at radius 1 is 1.64 bits per heavy atom. The van der Waals surface area contributed by atoms with Gasteiger partial charge in [-0.15, -0.1) is 0 Å². The van der Waals surface area contributed by atoms with Crippen molar-refractivity contribution in [2.45, 2.75) is 26.3 Å². The molecule has 0 aliphatic rings. The number of likely N-dealkylation sites (N-methyl/N-ethyl adjacent to an activating group) is 1. The molecule has 5 heteroatoms. The van der Waals surface area contributed by atoms with Gasteiger partial charge in [0.1, 0.15) is 5.84 Å². The fourth-order valence-electron chi connectivity index (χ4n) is 1.07. The van der Waals surface area contributed by atoms with Gasteiger partial charge in [-0.05, 0) is 20.9 Å². The zero-order chi connectivity index (χ0) is 11.0. The lowest BCUT2D eigenvalue weighted by atomic mass is 10.2. The number of ether oxygens (including phenoxy) is 1. The molecule has 0 aromatic rings. The van der Waals surface area contributed by atoms with Crippen LogP contribution < -0.4 is 5.73 Å². The largest absolute Gasteiger partial charge is 0.409 e. The molecule has 1 atom stereocenters. The molecule has 84 valence electrons. The summed E-state index contributed by atoms with van der Waals surface area (Å²) in [7, 11) is 1.99. The second-order valence-corrected chi connectivity index (χ2v) is 3.32. The molecule has 3 N–H and O–H groups in total. The highest BCUT2D eigenvalue weighted by molar-refractivity contribution is 5.80. The van der Waals surface area contributed by atoms with Crippen LogP contribution in [0.4, 0.5) is 0 Å². The van der Waals surface area contributed by atoms with E-state index >= 15 is 0 Å². The first-order chi connectivity index (χ1) is 6.61. The van der Waals surface area contributed by atoms with Crippen molar-refractivity contribution < 1.29 is 9.94 Å². The fourth-order valence-corrected chi connectivity index (χ4v) is 1.07. The van der Waals surface area contributed by atoms with Crippen LogP contribution >= 0.6 is 0 Å². The minimum absolute atomic E-state index is 0.256. The van der Waals surface area contributed by atoms with Gasteiger partial charge in [0, 0.05) is 25.6 Å². The summed E-state index contributed by atoms with van der Waals surface area (Å²) in [6, 6.07) is 0.256. The van der Waals surface area contributed by atoms with E-state index in [2.05, 4.69) is 10.1 Å². The van der Waals surface area contributed by atoms with Crippen molar-refractivity contribution in [3.8, 4) is 0 Å². The average molecular weight is 203 g/mol. The smallest absolute Gasteiger partial charge is 0.140 e. The summed E-state index contributed by atoms with van der Waals surface area (Å²) in [5, 5.41) is 11.3. The molecule has 0 rings (SSSR count). The van der Waals surface area contributed by atoms with E-state index in [-0.39, 0.29) is 11.9 Å². The van der Waals surface area contributed by atoms with Gasteiger partial charge >= 0.3 is 0 Å². The SMILES string of the molecule is CCOCCN(C)C(C)CC(N)=NO. The molecule has 0 fully saturated rings. The minimum atomic E-state index is 0.256. The third-order valence-electron chi connectivity index (χ3n) is 2.18. The summed E-state index contributed by atoms with van der Waals surface area (Å²) < 4.78 is 5.23. The molecule has 0 aliphatic heterocycles. The highest BCUT2D eigenvalue weighted by Crippen LogP contribution is 2.00. The predicted octanol–water partition coefficient (Wildman–Crippen LogP) is 0.480. The van der Waals surface area contributed by atoms with Gasteiger partial charge in [0.15, 0.2) is 0 Å². The minimum Gasteiger partial charge on any atom is -0.409 e. The first-order valence-corrected chi connectivity index (χ1v) is 4.86.